The van der Waals surface area contributed by atoms with E-state index in [4.69, 9.17) is 4.98 Å². The third kappa shape index (κ3) is 3.88. The normalized spacial score (nSPS) is 18.5. The van der Waals surface area contributed by atoms with E-state index in [9.17, 15) is 4.39 Å². The molecule has 0 saturated carbocycles. The molecule has 0 spiro atoms. The number of benzene rings is 1. The van der Waals surface area contributed by atoms with E-state index in [0.29, 0.717) is 11.7 Å². The van der Waals surface area contributed by atoms with Crippen molar-refractivity contribution in [1.29, 1.82) is 0 Å². The summed E-state index contributed by atoms with van der Waals surface area (Å²) in [7, 11) is 2.16. The number of hydrogen-bond acceptors (Lipinski definition) is 5. The highest BCUT2D eigenvalue weighted by molar-refractivity contribution is 7.22. The van der Waals surface area contributed by atoms with E-state index >= 15 is 0 Å². The van der Waals surface area contributed by atoms with Crippen LogP contribution in [0.1, 0.15) is 46.2 Å². The van der Waals surface area contributed by atoms with E-state index < -0.39 is 0 Å². The number of rotatable bonds is 3. The molecule has 1 aromatic carbocycles. The van der Waals surface area contributed by atoms with Crippen LogP contribution in [0, 0.1) is 12.7 Å². The smallest absolute Gasteiger partial charge is 0.186 e. The van der Waals surface area contributed by atoms with Crippen LogP contribution in [0.15, 0.2) is 36.7 Å². The molecule has 1 N–H and O–H groups in total. The van der Waals surface area contributed by atoms with Gasteiger partial charge in [-0.25, -0.2) is 14.4 Å². The Morgan fingerprint density at radius 2 is 1.78 bits per heavy atom. The van der Waals surface area contributed by atoms with Crippen LogP contribution in [0.25, 0.3) is 27.0 Å². The van der Waals surface area contributed by atoms with Crippen LogP contribution in [-0.4, -0.2) is 38.5 Å². The lowest BCUT2D eigenvalue weighted by molar-refractivity contribution is 0.161. The number of anilines is 1. The summed E-state index contributed by atoms with van der Waals surface area (Å²) >= 11 is 1.70. The van der Waals surface area contributed by atoms with Gasteiger partial charge >= 0.3 is 0 Å². The fourth-order valence-electron chi connectivity index (χ4n) is 5.28. The molecule has 0 unspecified atom stereocenters. The molecule has 1 saturated heterocycles. The molecule has 5 nitrogen and oxygen atoms in total. The number of imidazole rings is 1. The number of fused-ring (bicyclic) bond motifs is 2. The lowest BCUT2D eigenvalue weighted by Gasteiger charge is -2.48. The number of piperidine rings is 1. The van der Waals surface area contributed by atoms with Gasteiger partial charge in [0, 0.05) is 42.1 Å². The van der Waals surface area contributed by atoms with Gasteiger partial charge in [-0.15, -0.1) is 0 Å². The van der Waals surface area contributed by atoms with Gasteiger partial charge in [0.25, 0.3) is 0 Å². The van der Waals surface area contributed by atoms with Gasteiger partial charge in [0.1, 0.15) is 0 Å². The van der Waals surface area contributed by atoms with Gasteiger partial charge in [0.15, 0.2) is 16.6 Å². The second kappa shape index (κ2) is 7.25. The van der Waals surface area contributed by atoms with Gasteiger partial charge in [-0.1, -0.05) is 17.4 Å². The van der Waals surface area contributed by atoms with Gasteiger partial charge < -0.3 is 14.6 Å². The van der Waals surface area contributed by atoms with Crippen molar-refractivity contribution in [3.8, 4) is 11.1 Å². The maximum absolute atomic E-state index is 14.6. The zero-order chi connectivity index (χ0) is 22.8. The maximum atomic E-state index is 14.6. The van der Waals surface area contributed by atoms with Crippen LogP contribution in [-0.2, 0) is 0 Å². The Morgan fingerprint density at radius 3 is 2.50 bits per heavy atom. The van der Waals surface area contributed by atoms with Crippen molar-refractivity contribution in [3.05, 3.63) is 48.2 Å². The number of aromatic nitrogens is 3. The van der Waals surface area contributed by atoms with Crippen LogP contribution in [0.2, 0.25) is 0 Å². The van der Waals surface area contributed by atoms with Crippen LogP contribution >= 0.6 is 11.3 Å². The fraction of sp³-hybridized carbons (Fsp3) is 0.440. The first kappa shape index (κ1) is 21.3. The molecular weight excluding hydrogens is 421 g/mol. The topological polar surface area (TPSA) is 45.5 Å². The number of hydrogen-bond donors (Lipinski definition) is 1. The molecule has 1 aliphatic heterocycles. The van der Waals surface area contributed by atoms with Gasteiger partial charge in [-0.2, -0.15) is 0 Å². The second-order valence-electron chi connectivity index (χ2n) is 10.4. The summed E-state index contributed by atoms with van der Waals surface area (Å²) in [5, 5.41) is 4.79. The van der Waals surface area contributed by atoms with Gasteiger partial charge in [-0.3, -0.25) is 0 Å². The highest BCUT2D eigenvalue weighted by Crippen LogP contribution is 2.37. The number of thiazole rings is 1. The average Bonchev–Trinajstić information content (AvgIpc) is 3.27. The highest BCUT2D eigenvalue weighted by atomic mass is 32.1. The molecule has 32 heavy (non-hydrogen) atoms. The second-order valence-corrected chi connectivity index (χ2v) is 11.4. The molecule has 0 aliphatic carbocycles. The number of pyridine rings is 1. The molecule has 0 amide bonds. The molecule has 4 aromatic rings. The summed E-state index contributed by atoms with van der Waals surface area (Å²) in [4.78, 5) is 11.5. The number of halogens is 1. The molecule has 5 rings (SSSR count). The Balaban J connectivity index is 1.48. The summed E-state index contributed by atoms with van der Waals surface area (Å²) in [6, 6.07) is 8.16. The maximum Gasteiger partial charge on any atom is 0.186 e. The average molecular weight is 452 g/mol. The molecule has 0 radical (unpaired) electrons. The third-order valence-corrected chi connectivity index (χ3v) is 7.46. The first-order chi connectivity index (χ1) is 15.0. The van der Waals surface area contributed by atoms with Crippen molar-refractivity contribution in [2.24, 2.45) is 0 Å². The van der Waals surface area contributed by atoms with E-state index in [1.54, 1.807) is 21.8 Å². The quantitative estimate of drug-likeness (QED) is 0.427. The van der Waals surface area contributed by atoms with Crippen molar-refractivity contribution in [2.45, 2.75) is 64.6 Å². The first-order valence-corrected chi connectivity index (χ1v) is 11.9. The SMILES string of the molecule is Cc1cn2cc(-c3ccc4nc(N(C)C5CC(C)(C)NC(C)(C)C5)sc4c3)cc(F)c2n1. The van der Waals surface area contributed by atoms with Gasteiger partial charge in [0.2, 0.25) is 0 Å². The lowest BCUT2D eigenvalue weighted by atomic mass is 9.79. The molecule has 1 aliphatic rings. The monoisotopic (exact) mass is 451 g/mol. The molecular formula is C25H30FN5S. The van der Waals surface area contributed by atoms with E-state index in [-0.39, 0.29) is 16.9 Å². The summed E-state index contributed by atoms with van der Waals surface area (Å²) in [5.41, 5.74) is 4.12. The van der Waals surface area contributed by atoms with Crippen LogP contribution < -0.4 is 10.2 Å². The van der Waals surface area contributed by atoms with Crippen molar-refractivity contribution < 1.29 is 4.39 Å². The van der Waals surface area contributed by atoms with E-state index in [1.807, 2.05) is 31.5 Å². The number of nitrogens with zero attached hydrogens (tertiary/aromatic N) is 4. The summed E-state index contributed by atoms with van der Waals surface area (Å²) in [6.07, 6.45) is 5.92. The van der Waals surface area contributed by atoms with Crippen LogP contribution in [0.4, 0.5) is 9.52 Å². The van der Waals surface area contributed by atoms with E-state index in [1.165, 1.54) is 0 Å². The zero-order valence-corrected chi connectivity index (χ0v) is 20.3. The predicted molar refractivity (Wildman–Crippen MR) is 131 cm³/mol. The van der Waals surface area contributed by atoms with Crippen molar-refractivity contribution >= 4 is 32.3 Å². The number of aryl methyl sites for hydroxylation is 1. The largest absolute Gasteiger partial charge is 0.348 e. The van der Waals surface area contributed by atoms with Crippen molar-refractivity contribution in [2.75, 3.05) is 11.9 Å². The minimum absolute atomic E-state index is 0.0823. The van der Waals surface area contributed by atoms with Gasteiger partial charge in [-0.05, 0) is 71.2 Å². The molecule has 0 atom stereocenters. The molecule has 168 valence electrons. The highest BCUT2D eigenvalue weighted by Gasteiger charge is 2.39. The lowest BCUT2D eigenvalue weighted by Crippen LogP contribution is -2.61. The molecule has 7 heteroatoms. The van der Waals surface area contributed by atoms with Crippen molar-refractivity contribution in [1.82, 2.24) is 19.7 Å². The predicted octanol–water partition coefficient (Wildman–Crippen LogP) is 5.80. The summed E-state index contributed by atoms with van der Waals surface area (Å²) in [5.74, 6) is -0.309. The Labute approximate surface area is 192 Å². The molecule has 1 fully saturated rings. The minimum Gasteiger partial charge on any atom is -0.348 e. The molecule has 0 bridgehead atoms. The Bertz CT molecular complexity index is 1300. The Kier molecular flexibility index (Phi) is 4.84. The Hall–Kier alpha value is -2.51. The summed E-state index contributed by atoms with van der Waals surface area (Å²) < 4.78 is 17.5. The summed E-state index contributed by atoms with van der Waals surface area (Å²) in [6.45, 7) is 11.0. The fourth-order valence-corrected chi connectivity index (χ4v) is 6.32. The van der Waals surface area contributed by atoms with Gasteiger partial charge in [0.05, 0.1) is 15.9 Å². The van der Waals surface area contributed by atoms with Crippen molar-refractivity contribution in [3.63, 3.8) is 0 Å². The van der Waals surface area contributed by atoms with Crippen LogP contribution in [0.5, 0.6) is 0 Å². The van der Waals surface area contributed by atoms with E-state index in [0.717, 1.165) is 45.0 Å². The zero-order valence-electron chi connectivity index (χ0n) is 19.5. The molecule has 4 heterocycles. The number of nitrogens with one attached hydrogen (secondary N) is 1. The third-order valence-electron chi connectivity index (χ3n) is 6.36. The Morgan fingerprint density at radius 1 is 1.06 bits per heavy atom. The van der Waals surface area contributed by atoms with E-state index in [2.05, 4.69) is 56.0 Å². The minimum atomic E-state index is -0.309. The van der Waals surface area contributed by atoms with Crippen LogP contribution in [0.3, 0.4) is 0 Å². The molecule has 3 aromatic heterocycles. The standard InChI is InChI=1S/C25H30FN5S/c1-15-13-31-14-17(9-19(26)22(31)27-15)16-7-8-20-21(10-16)32-23(28-20)30(6)18-11-24(2,3)29-25(4,5)12-18/h7-10,13-14,18,29H,11-12H2,1-6H3. The first-order valence-electron chi connectivity index (χ1n) is 11.1.